The summed E-state index contributed by atoms with van der Waals surface area (Å²) in [5.74, 6) is -1.35. The van der Waals surface area contributed by atoms with Crippen LogP contribution in [0.25, 0.3) is 0 Å². The molecule has 0 saturated heterocycles. The van der Waals surface area contributed by atoms with Crippen LogP contribution >= 0.6 is 7.82 Å². The van der Waals surface area contributed by atoms with Crippen LogP contribution in [-0.4, -0.2) is 101 Å². The van der Waals surface area contributed by atoms with Gasteiger partial charge in [-0.25, -0.2) is 4.57 Å². The van der Waals surface area contributed by atoms with Crippen LogP contribution in [0, 0.1) is 0 Å². The van der Waals surface area contributed by atoms with E-state index in [4.69, 9.17) is 38.5 Å². The average Bonchev–Trinajstić information content (AvgIpc) is 3.24. The number of phosphoric ester groups is 1. The predicted molar refractivity (Wildman–Crippen MR) is 242 cm³/mol. The number of hydrogen-bond acceptors (Lipinski definition) is 13. The van der Waals surface area contributed by atoms with Gasteiger partial charge in [0.05, 0.1) is 59.4 Å². The Bertz CT molecular complexity index is 1050. The van der Waals surface area contributed by atoms with Crippen molar-refractivity contribution in [3.05, 3.63) is 0 Å². The number of ether oxygens (including phenoxy) is 5. The maximum atomic E-state index is 12.7. The Hall–Kier alpha value is -1.64. The first-order valence-electron chi connectivity index (χ1n) is 24.3. The molecule has 0 rings (SSSR count). The first-order valence-corrected chi connectivity index (χ1v) is 25.8. The summed E-state index contributed by atoms with van der Waals surface area (Å²) in [4.78, 5) is 39.4. The summed E-state index contributed by atoms with van der Waals surface area (Å²) in [6, 6.07) is 0. The van der Waals surface area contributed by atoms with Crippen molar-refractivity contribution in [3.63, 3.8) is 0 Å². The first-order chi connectivity index (χ1) is 29.7. The van der Waals surface area contributed by atoms with Crippen LogP contribution in [0.2, 0.25) is 0 Å². The Labute approximate surface area is 371 Å². The normalized spacial score (nSPS) is 13.3. The standard InChI is InChI=1S/C46H91N2O12P/c1-3-5-7-9-11-13-15-17-19-21-23-25-27-29-45(50)57-41-43(60-46(51)30-28-26-24-22-20-18-16-14-12-10-8-6-4-2)42-59-61(52,53)58-36-33-48-44(49)31-34-54-37-39-56-40-38-55-35-32-47/h43H,3-42,47H2,1-2H3,(H,48,49)(H,52,53)/p-1/t43-/m1/s1. The Morgan fingerprint density at radius 1 is 0.541 bits per heavy atom. The fraction of sp³-hybridized carbons (Fsp3) is 0.935. The number of phosphoric acid groups is 1. The van der Waals surface area contributed by atoms with E-state index in [0.29, 0.717) is 52.4 Å². The van der Waals surface area contributed by atoms with Gasteiger partial charge in [0, 0.05) is 19.4 Å². The largest absolute Gasteiger partial charge is 0.862 e. The van der Waals surface area contributed by atoms with E-state index >= 15 is 0 Å². The second-order valence-corrected chi connectivity index (χ2v) is 17.5. The zero-order valence-electron chi connectivity index (χ0n) is 38.8. The van der Waals surface area contributed by atoms with Crippen LogP contribution in [0.15, 0.2) is 4.99 Å². The summed E-state index contributed by atoms with van der Waals surface area (Å²) < 4.78 is 49.6. The molecule has 0 aromatic carbocycles. The van der Waals surface area contributed by atoms with Crippen LogP contribution in [-0.2, 0) is 46.9 Å². The third kappa shape index (κ3) is 46.2. The summed E-state index contributed by atoms with van der Waals surface area (Å²) in [5.41, 5.74) is 5.35. The molecular weight excluding hydrogens is 803 g/mol. The highest BCUT2D eigenvalue weighted by Gasteiger charge is 2.26. The van der Waals surface area contributed by atoms with E-state index in [1.807, 2.05) is 0 Å². The number of hydrogen-bond donors (Lipinski definition) is 2. The zero-order chi connectivity index (χ0) is 44.8. The second kappa shape index (κ2) is 46.4. The number of carbonyl (C=O) groups excluding carboxylic acids is 2. The maximum Gasteiger partial charge on any atom is 0.472 e. The van der Waals surface area contributed by atoms with Gasteiger partial charge in [0.2, 0.25) is 0 Å². The average molecular weight is 894 g/mol. The van der Waals surface area contributed by atoms with Gasteiger partial charge in [-0.3, -0.25) is 18.6 Å². The number of nitrogens with two attached hydrogens (primary N) is 1. The lowest BCUT2D eigenvalue weighted by Gasteiger charge is -2.20. The van der Waals surface area contributed by atoms with Gasteiger partial charge in [-0.1, -0.05) is 168 Å². The molecule has 0 bridgehead atoms. The minimum absolute atomic E-state index is 0.0390. The summed E-state index contributed by atoms with van der Waals surface area (Å²) in [6.07, 6.45) is 30.5. The van der Waals surface area contributed by atoms with Crippen LogP contribution in [0.5, 0.6) is 0 Å². The molecular formula is C46H90N2O12P-. The summed E-state index contributed by atoms with van der Waals surface area (Å²) in [6.45, 7) is 5.80. The van der Waals surface area contributed by atoms with Crippen LogP contribution < -0.4 is 10.8 Å². The molecule has 15 heteroatoms. The molecule has 0 aliphatic heterocycles. The molecule has 0 aromatic heterocycles. The lowest BCUT2D eigenvalue weighted by molar-refractivity contribution is -0.220. The van der Waals surface area contributed by atoms with E-state index in [-0.39, 0.29) is 45.6 Å². The van der Waals surface area contributed by atoms with Crippen molar-refractivity contribution in [3.8, 4) is 0 Å². The van der Waals surface area contributed by atoms with Gasteiger partial charge in [0.1, 0.15) is 6.61 Å². The molecule has 0 aliphatic carbocycles. The predicted octanol–water partition coefficient (Wildman–Crippen LogP) is 9.69. The minimum atomic E-state index is -4.60. The number of rotatable bonds is 49. The van der Waals surface area contributed by atoms with Crippen molar-refractivity contribution in [2.45, 2.75) is 206 Å². The summed E-state index contributed by atoms with van der Waals surface area (Å²) in [7, 11) is -4.60. The number of carbonyl (C=O) groups is 2. The molecule has 0 amide bonds. The molecule has 14 nitrogen and oxygen atoms in total. The van der Waals surface area contributed by atoms with Crippen molar-refractivity contribution in [2.24, 2.45) is 10.7 Å². The molecule has 1 unspecified atom stereocenters. The molecule has 0 aliphatic rings. The zero-order valence-corrected chi connectivity index (χ0v) is 39.7. The lowest BCUT2D eigenvalue weighted by atomic mass is 10.0. The second-order valence-electron chi connectivity index (χ2n) is 16.0. The van der Waals surface area contributed by atoms with Crippen molar-refractivity contribution in [1.82, 2.24) is 0 Å². The Balaban J connectivity index is 4.56. The Morgan fingerprint density at radius 3 is 1.41 bits per heavy atom. The Kier molecular flexibility index (Phi) is 45.1. The lowest BCUT2D eigenvalue weighted by Crippen LogP contribution is -2.29. The van der Waals surface area contributed by atoms with Crippen molar-refractivity contribution in [2.75, 3.05) is 72.6 Å². The van der Waals surface area contributed by atoms with Crippen molar-refractivity contribution in [1.29, 1.82) is 0 Å². The van der Waals surface area contributed by atoms with Gasteiger partial charge in [0.15, 0.2) is 6.10 Å². The van der Waals surface area contributed by atoms with Crippen LogP contribution in [0.1, 0.15) is 200 Å². The molecule has 61 heavy (non-hydrogen) atoms. The number of esters is 2. The molecule has 0 spiro atoms. The quantitative estimate of drug-likeness (QED) is 0.0193. The SMILES string of the molecule is CCCCCCCCCCCCCCCC(=O)OC[C@H](COP(=O)(O)OCCN=C([O-])CCOCCOCCOCCN)OC(=O)CCCCCCCCCCCCCCC. The monoisotopic (exact) mass is 894 g/mol. The molecule has 0 saturated carbocycles. The van der Waals surface area contributed by atoms with Gasteiger partial charge >= 0.3 is 19.8 Å². The van der Waals surface area contributed by atoms with E-state index in [1.165, 1.54) is 116 Å². The van der Waals surface area contributed by atoms with Gasteiger partial charge < -0.3 is 44.4 Å². The van der Waals surface area contributed by atoms with E-state index in [9.17, 15) is 24.2 Å². The molecule has 0 heterocycles. The fourth-order valence-electron chi connectivity index (χ4n) is 6.60. The Morgan fingerprint density at radius 2 is 0.951 bits per heavy atom. The summed E-state index contributed by atoms with van der Waals surface area (Å²) >= 11 is 0. The highest BCUT2D eigenvalue weighted by molar-refractivity contribution is 7.47. The topological polar surface area (TPSA) is 197 Å². The van der Waals surface area contributed by atoms with E-state index in [2.05, 4.69) is 18.8 Å². The fourth-order valence-corrected chi connectivity index (χ4v) is 7.34. The van der Waals surface area contributed by atoms with Gasteiger partial charge in [-0.05, 0) is 25.2 Å². The molecule has 2 atom stereocenters. The van der Waals surface area contributed by atoms with E-state index in [1.54, 1.807) is 0 Å². The van der Waals surface area contributed by atoms with Gasteiger partial charge in [-0.15, -0.1) is 0 Å². The number of nitrogens with zero attached hydrogens (tertiary/aromatic N) is 1. The van der Waals surface area contributed by atoms with Crippen LogP contribution in [0.3, 0.4) is 0 Å². The highest BCUT2D eigenvalue weighted by Crippen LogP contribution is 2.43. The van der Waals surface area contributed by atoms with Crippen LogP contribution in [0.4, 0.5) is 0 Å². The minimum Gasteiger partial charge on any atom is -0.862 e. The number of aliphatic imine (C=N–C) groups is 1. The summed E-state index contributed by atoms with van der Waals surface area (Å²) in [5, 5.41) is 12.0. The smallest absolute Gasteiger partial charge is 0.472 e. The molecule has 3 N–H and O–H groups in total. The van der Waals surface area contributed by atoms with E-state index < -0.39 is 38.4 Å². The maximum absolute atomic E-state index is 12.7. The first kappa shape index (κ1) is 59.4. The third-order valence-electron chi connectivity index (χ3n) is 10.2. The van der Waals surface area contributed by atoms with Gasteiger partial charge in [0.25, 0.3) is 0 Å². The highest BCUT2D eigenvalue weighted by atomic mass is 31.2. The molecule has 362 valence electrons. The molecule has 0 fully saturated rings. The van der Waals surface area contributed by atoms with Gasteiger partial charge in [-0.2, -0.15) is 0 Å². The van der Waals surface area contributed by atoms with E-state index in [0.717, 1.165) is 38.5 Å². The van der Waals surface area contributed by atoms with Crippen molar-refractivity contribution >= 4 is 25.7 Å². The third-order valence-corrected chi connectivity index (χ3v) is 11.2. The van der Waals surface area contributed by atoms with Crippen molar-refractivity contribution < 1.29 is 56.9 Å². The molecule has 0 radical (unpaired) electrons. The molecule has 0 aromatic rings. The number of unbranched alkanes of at least 4 members (excludes halogenated alkanes) is 24.